The first-order valence-electron chi connectivity index (χ1n) is 7.93. The molecule has 20 heavy (non-hydrogen) atoms. The Morgan fingerprint density at radius 1 is 1.25 bits per heavy atom. The van der Waals surface area contributed by atoms with Crippen LogP contribution in [0.4, 0.5) is 0 Å². The van der Waals surface area contributed by atoms with Crippen LogP contribution >= 0.6 is 11.6 Å². The van der Waals surface area contributed by atoms with E-state index in [1.165, 1.54) is 31.5 Å². The standard InChI is InChI=1S/C15H25ClN4/c1-3-13-15(16)14(20(4-2)18-13)10-19-8-7-11-5-6-12(9-19)17-11/h11-12,17H,3-10H2,1-2H3. The average Bonchev–Trinajstić information content (AvgIpc) is 2.93. The number of fused-ring (bicyclic) bond motifs is 2. The zero-order valence-electron chi connectivity index (χ0n) is 12.5. The van der Waals surface area contributed by atoms with Gasteiger partial charge < -0.3 is 5.32 Å². The summed E-state index contributed by atoms with van der Waals surface area (Å²) in [6, 6.07) is 1.41. The third kappa shape index (κ3) is 2.74. The number of nitrogens with one attached hydrogen (secondary N) is 1. The molecule has 0 amide bonds. The number of halogens is 1. The molecular formula is C15H25ClN4. The molecule has 1 aromatic heterocycles. The van der Waals surface area contributed by atoms with Crippen LogP contribution in [0.25, 0.3) is 0 Å². The van der Waals surface area contributed by atoms with E-state index >= 15 is 0 Å². The van der Waals surface area contributed by atoms with E-state index in [-0.39, 0.29) is 0 Å². The lowest BCUT2D eigenvalue weighted by molar-refractivity contribution is 0.244. The van der Waals surface area contributed by atoms with E-state index in [9.17, 15) is 0 Å². The molecule has 0 saturated carbocycles. The van der Waals surface area contributed by atoms with Crippen molar-refractivity contribution in [2.75, 3.05) is 13.1 Å². The molecule has 2 aliphatic rings. The van der Waals surface area contributed by atoms with Crippen LogP contribution in [0.2, 0.25) is 5.02 Å². The zero-order chi connectivity index (χ0) is 14.1. The molecule has 3 rings (SSSR count). The van der Waals surface area contributed by atoms with Crippen molar-refractivity contribution < 1.29 is 0 Å². The van der Waals surface area contributed by atoms with Crippen molar-refractivity contribution in [3.8, 4) is 0 Å². The van der Waals surface area contributed by atoms with E-state index < -0.39 is 0 Å². The first-order valence-corrected chi connectivity index (χ1v) is 8.31. The van der Waals surface area contributed by atoms with Gasteiger partial charge in [-0.3, -0.25) is 9.58 Å². The quantitative estimate of drug-likeness (QED) is 0.926. The minimum Gasteiger partial charge on any atom is -0.310 e. The summed E-state index contributed by atoms with van der Waals surface area (Å²) in [6.45, 7) is 8.40. The first kappa shape index (κ1) is 14.4. The fourth-order valence-corrected chi connectivity index (χ4v) is 3.87. The van der Waals surface area contributed by atoms with Gasteiger partial charge in [0.2, 0.25) is 0 Å². The second kappa shape index (κ2) is 6.04. The Labute approximate surface area is 126 Å². The van der Waals surface area contributed by atoms with Crippen LogP contribution in [-0.4, -0.2) is 39.9 Å². The molecule has 2 atom stereocenters. The molecular weight excluding hydrogens is 272 g/mol. The third-order valence-corrected chi connectivity index (χ3v) is 5.11. The molecule has 2 bridgehead atoms. The molecule has 1 N–H and O–H groups in total. The first-order chi connectivity index (χ1) is 9.71. The minimum absolute atomic E-state index is 0.671. The molecule has 2 fully saturated rings. The van der Waals surface area contributed by atoms with Crippen molar-refractivity contribution in [1.29, 1.82) is 0 Å². The predicted octanol–water partition coefficient (Wildman–Crippen LogP) is 2.45. The fourth-order valence-electron chi connectivity index (χ4n) is 3.54. The van der Waals surface area contributed by atoms with E-state index in [1.807, 2.05) is 0 Å². The van der Waals surface area contributed by atoms with Gasteiger partial charge in [-0.15, -0.1) is 0 Å². The van der Waals surface area contributed by atoms with Gasteiger partial charge in [-0.1, -0.05) is 18.5 Å². The molecule has 2 aliphatic heterocycles. The van der Waals surface area contributed by atoms with Gasteiger partial charge in [-0.2, -0.15) is 5.10 Å². The topological polar surface area (TPSA) is 33.1 Å². The van der Waals surface area contributed by atoms with Gasteiger partial charge in [0.05, 0.1) is 16.4 Å². The normalized spacial score (nSPS) is 26.9. The Kier molecular flexibility index (Phi) is 4.34. The molecule has 5 heteroatoms. The van der Waals surface area contributed by atoms with E-state index in [0.717, 1.165) is 42.8 Å². The van der Waals surface area contributed by atoms with Crippen LogP contribution in [0, 0.1) is 0 Å². The fraction of sp³-hybridized carbons (Fsp3) is 0.800. The van der Waals surface area contributed by atoms with Crippen molar-refractivity contribution in [2.45, 2.75) is 64.7 Å². The number of hydrogen-bond donors (Lipinski definition) is 1. The van der Waals surface area contributed by atoms with Gasteiger partial charge in [-0.05, 0) is 32.6 Å². The molecule has 1 aromatic rings. The Bertz CT molecular complexity index is 471. The van der Waals surface area contributed by atoms with Crippen LogP contribution < -0.4 is 5.32 Å². The van der Waals surface area contributed by atoms with Gasteiger partial charge in [0, 0.05) is 38.3 Å². The maximum absolute atomic E-state index is 6.52. The largest absolute Gasteiger partial charge is 0.310 e. The maximum Gasteiger partial charge on any atom is 0.0863 e. The van der Waals surface area contributed by atoms with E-state index in [1.54, 1.807) is 0 Å². The molecule has 0 aliphatic carbocycles. The Hall–Kier alpha value is -0.580. The van der Waals surface area contributed by atoms with Crippen molar-refractivity contribution >= 4 is 11.6 Å². The van der Waals surface area contributed by atoms with Crippen molar-refractivity contribution in [1.82, 2.24) is 20.0 Å². The molecule has 0 aromatic carbocycles. The number of nitrogens with zero attached hydrogens (tertiary/aromatic N) is 3. The maximum atomic E-state index is 6.52. The van der Waals surface area contributed by atoms with Crippen LogP contribution in [0.5, 0.6) is 0 Å². The lowest BCUT2D eigenvalue weighted by atomic mass is 10.1. The van der Waals surface area contributed by atoms with Gasteiger partial charge in [0.15, 0.2) is 0 Å². The van der Waals surface area contributed by atoms with Crippen LogP contribution in [0.3, 0.4) is 0 Å². The number of hydrogen-bond acceptors (Lipinski definition) is 3. The Balaban J connectivity index is 1.75. The minimum atomic E-state index is 0.671. The Morgan fingerprint density at radius 3 is 2.80 bits per heavy atom. The second-order valence-corrected chi connectivity index (χ2v) is 6.42. The predicted molar refractivity (Wildman–Crippen MR) is 82.1 cm³/mol. The number of likely N-dealkylation sites (tertiary alicyclic amines) is 1. The monoisotopic (exact) mass is 296 g/mol. The second-order valence-electron chi connectivity index (χ2n) is 6.04. The molecule has 2 unspecified atom stereocenters. The summed E-state index contributed by atoms with van der Waals surface area (Å²) in [6.07, 6.45) is 4.84. The van der Waals surface area contributed by atoms with Gasteiger partial charge >= 0.3 is 0 Å². The third-order valence-electron chi connectivity index (χ3n) is 4.67. The van der Waals surface area contributed by atoms with E-state index in [2.05, 4.69) is 33.8 Å². The lowest BCUT2D eigenvalue weighted by Crippen LogP contribution is -2.35. The van der Waals surface area contributed by atoms with Gasteiger partial charge in [-0.25, -0.2) is 0 Å². The van der Waals surface area contributed by atoms with Crippen LogP contribution in [0.1, 0.15) is 44.5 Å². The Morgan fingerprint density at radius 2 is 2.05 bits per heavy atom. The molecule has 0 radical (unpaired) electrons. The highest BCUT2D eigenvalue weighted by Crippen LogP contribution is 2.26. The number of rotatable bonds is 4. The number of aromatic nitrogens is 2. The van der Waals surface area contributed by atoms with Gasteiger partial charge in [0.1, 0.15) is 0 Å². The van der Waals surface area contributed by atoms with Crippen molar-refractivity contribution in [3.63, 3.8) is 0 Å². The molecule has 3 heterocycles. The molecule has 2 saturated heterocycles. The highest BCUT2D eigenvalue weighted by atomic mass is 35.5. The summed E-state index contributed by atoms with van der Waals surface area (Å²) >= 11 is 6.52. The summed E-state index contributed by atoms with van der Waals surface area (Å²) < 4.78 is 2.08. The van der Waals surface area contributed by atoms with Crippen molar-refractivity contribution in [3.05, 3.63) is 16.4 Å². The smallest absolute Gasteiger partial charge is 0.0863 e. The van der Waals surface area contributed by atoms with E-state index in [4.69, 9.17) is 11.6 Å². The summed E-state index contributed by atoms with van der Waals surface area (Å²) in [7, 11) is 0. The summed E-state index contributed by atoms with van der Waals surface area (Å²) in [5, 5.41) is 9.24. The van der Waals surface area contributed by atoms with Gasteiger partial charge in [0.25, 0.3) is 0 Å². The molecule has 4 nitrogen and oxygen atoms in total. The van der Waals surface area contributed by atoms with E-state index in [0.29, 0.717) is 6.04 Å². The SMILES string of the molecule is CCc1nn(CC)c(CN2CCC3CCC(C2)N3)c1Cl. The summed E-state index contributed by atoms with van der Waals surface area (Å²) in [5.41, 5.74) is 2.24. The molecule has 0 spiro atoms. The summed E-state index contributed by atoms with van der Waals surface area (Å²) in [4.78, 5) is 2.55. The highest BCUT2D eigenvalue weighted by Gasteiger charge is 2.30. The average molecular weight is 297 g/mol. The number of aryl methyl sites for hydroxylation is 2. The lowest BCUT2D eigenvalue weighted by Gasteiger charge is -2.24. The summed E-state index contributed by atoms with van der Waals surface area (Å²) in [5.74, 6) is 0. The van der Waals surface area contributed by atoms with Crippen molar-refractivity contribution in [2.24, 2.45) is 0 Å². The highest BCUT2D eigenvalue weighted by molar-refractivity contribution is 6.31. The molecule has 112 valence electrons. The van der Waals surface area contributed by atoms with Crippen LogP contribution in [-0.2, 0) is 19.5 Å². The van der Waals surface area contributed by atoms with Crippen LogP contribution in [0.15, 0.2) is 0 Å². The zero-order valence-corrected chi connectivity index (χ0v) is 13.3.